The summed E-state index contributed by atoms with van der Waals surface area (Å²) in [5.41, 5.74) is 2.67. The molecule has 0 amide bonds. The molecule has 3 nitrogen and oxygen atoms in total. The number of nitrogens with one attached hydrogen (secondary N) is 1. The molecule has 0 spiro atoms. The van der Waals surface area contributed by atoms with E-state index in [-0.39, 0.29) is 0 Å². The molecule has 0 saturated heterocycles. The SMILES string of the molecule is CCCNC(C)c1cc(Br)ccc1N(C)CCN(C)C. The van der Waals surface area contributed by atoms with Crippen molar-refractivity contribution in [2.75, 3.05) is 45.7 Å². The maximum atomic E-state index is 3.59. The van der Waals surface area contributed by atoms with Gasteiger partial charge in [-0.3, -0.25) is 0 Å². The number of rotatable bonds is 8. The molecule has 4 heteroatoms. The maximum Gasteiger partial charge on any atom is 0.0413 e. The van der Waals surface area contributed by atoms with Crippen LogP contribution in [0.5, 0.6) is 0 Å². The van der Waals surface area contributed by atoms with E-state index in [0.717, 1.165) is 30.5 Å². The molecule has 1 aromatic carbocycles. The standard InChI is InChI=1S/C16H28BrN3/c1-6-9-18-13(2)15-12-14(17)7-8-16(15)20(5)11-10-19(3)4/h7-8,12-13,18H,6,9-11H2,1-5H3. The van der Waals surface area contributed by atoms with E-state index in [9.17, 15) is 0 Å². The van der Waals surface area contributed by atoms with Crippen molar-refractivity contribution in [2.24, 2.45) is 0 Å². The number of hydrogen-bond donors (Lipinski definition) is 1. The largest absolute Gasteiger partial charge is 0.373 e. The van der Waals surface area contributed by atoms with Crippen LogP contribution in [0.15, 0.2) is 22.7 Å². The number of hydrogen-bond acceptors (Lipinski definition) is 3. The highest BCUT2D eigenvalue weighted by Gasteiger charge is 2.13. The minimum Gasteiger partial charge on any atom is -0.373 e. The van der Waals surface area contributed by atoms with Crippen molar-refractivity contribution in [3.8, 4) is 0 Å². The third kappa shape index (κ3) is 5.43. The van der Waals surface area contributed by atoms with E-state index in [1.54, 1.807) is 0 Å². The number of likely N-dealkylation sites (N-methyl/N-ethyl adjacent to an activating group) is 2. The first kappa shape index (κ1) is 17.5. The van der Waals surface area contributed by atoms with Crippen LogP contribution in [-0.4, -0.2) is 45.7 Å². The number of benzene rings is 1. The molecule has 0 aliphatic heterocycles. The fourth-order valence-electron chi connectivity index (χ4n) is 2.16. The van der Waals surface area contributed by atoms with E-state index < -0.39 is 0 Å². The molecule has 0 fully saturated rings. The Kier molecular flexibility index (Phi) is 7.56. The Hall–Kier alpha value is -0.580. The van der Waals surface area contributed by atoms with Crippen LogP contribution >= 0.6 is 15.9 Å². The van der Waals surface area contributed by atoms with Gasteiger partial charge in [0.1, 0.15) is 0 Å². The van der Waals surface area contributed by atoms with Crippen LogP contribution in [0.1, 0.15) is 31.9 Å². The summed E-state index contributed by atoms with van der Waals surface area (Å²) in [7, 11) is 6.40. The molecule has 0 aromatic heterocycles. The van der Waals surface area contributed by atoms with E-state index >= 15 is 0 Å². The second-order valence-electron chi connectivity index (χ2n) is 5.60. The van der Waals surface area contributed by atoms with Crippen LogP contribution in [0, 0.1) is 0 Å². The smallest absolute Gasteiger partial charge is 0.0413 e. The lowest BCUT2D eigenvalue weighted by Gasteiger charge is -2.27. The fourth-order valence-corrected chi connectivity index (χ4v) is 2.54. The topological polar surface area (TPSA) is 18.5 Å². The zero-order chi connectivity index (χ0) is 15.1. The molecule has 0 saturated carbocycles. The Morgan fingerprint density at radius 3 is 2.50 bits per heavy atom. The molecule has 1 atom stereocenters. The zero-order valence-corrected chi connectivity index (χ0v) is 15.0. The van der Waals surface area contributed by atoms with Crippen molar-refractivity contribution in [3.05, 3.63) is 28.2 Å². The molecule has 0 heterocycles. The summed E-state index contributed by atoms with van der Waals surface area (Å²) in [6.45, 7) is 7.57. The van der Waals surface area contributed by atoms with Crippen LogP contribution in [0.4, 0.5) is 5.69 Å². The van der Waals surface area contributed by atoms with Gasteiger partial charge in [-0.15, -0.1) is 0 Å². The van der Waals surface area contributed by atoms with E-state index in [4.69, 9.17) is 0 Å². The third-order valence-corrected chi connectivity index (χ3v) is 3.94. The highest BCUT2D eigenvalue weighted by molar-refractivity contribution is 9.10. The fraction of sp³-hybridized carbons (Fsp3) is 0.625. The summed E-state index contributed by atoms with van der Waals surface area (Å²) in [6, 6.07) is 6.93. The van der Waals surface area contributed by atoms with E-state index in [0.29, 0.717) is 6.04 Å². The number of anilines is 1. The molecule has 0 aliphatic rings. The average Bonchev–Trinajstić information content (AvgIpc) is 2.41. The van der Waals surface area contributed by atoms with E-state index in [1.807, 2.05) is 0 Å². The number of halogens is 1. The van der Waals surface area contributed by atoms with Crippen LogP contribution in [0.3, 0.4) is 0 Å². The zero-order valence-electron chi connectivity index (χ0n) is 13.4. The van der Waals surface area contributed by atoms with Gasteiger partial charge in [0, 0.05) is 36.3 Å². The van der Waals surface area contributed by atoms with Gasteiger partial charge in [-0.1, -0.05) is 22.9 Å². The Balaban J connectivity index is 2.88. The van der Waals surface area contributed by atoms with Gasteiger partial charge in [0.25, 0.3) is 0 Å². The molecule has 114 valence electrons. The Bertz CT molecular complexity index is 407. The minimum atomic E-state index is 0.365. The van der Waals surface area contributed by atoms with Crippen molar-refractivity contribution >= 4 is 21.6 Å². The average molecular weight is 342 g/mol. The van der Waals surface area contributed by atoms with Crippen LogP contribution in [-0.2, 0) is 0 Å². The van der Waals surface area contributed by atoms with Gasteiger partial charge in [-0.25, -0.2) is 0 Å². The summed E-state index contributed by atoms with van der Waals surface area (Å²) >= 11 is 3.59. The Morgan fingerprint density at radius 2 is 1.90 bits per heavy atom. The van der Waals surface area contributed by atoms with Crippen molar-refractivity contribution in [1.82, 2.24) is 10.2 Å². The van der Waals surface area contributed by atoms with Crippen molar-refractivity contribution in [1.29, 1.82) is 0 Å². The lowest BCUT2D eigenvalue weighted by atomic mass is 10.1. The highest BCUT2D eigenvalue weighted by Crippen LogP contribution is 2.29. The predicted octanol–water partition coefficient (Wildman–Crippen LogP) is 3.51. The van der Waals surface area contributed by atoms with Gasteiger partial charge in [0.05, 0.1) is 0 Å². The monoisotopic (exact) mass is 341 g/mol. The molecule has 1 N–H and O–H groups in total. The summed E-state index contributed by atoms with van der Waals surface area (Å²) < 4.78 is 1.14. The van der Waals surface area contributed by atoms with Crippen molar-refractivity contribution < 1.29 is 0 Å². The molecule has 1 aromatic rings. The molecule has 0 bridgehead atoms. The molecular weight excluding hydrogens is 314 g/mol. The summed E-state index contributed by atoms with van der Waals surface area (Å²) in [4.78, 5) is 4.56. The Morgan fingerprint density at radius 1 is 1.20 bits per heavy atom. The first-order valence-electron chi connectivity index (χ1n) is 7.34. The normalized spacial score (nSPS) is 12.8. The molecule has 0 aliphatic carbocycles. The van der Waals surface area contributed by atoms with Gasteiger partial charge in [-0.2, -0.15) is 0 Å². The summed E-state index contributed by atoms with van der Waals surface area (Å²) in [6.07, 6.45) is 1.16. The lowest BCUT2D eigenvalue weighted by molar-refractivity contribution is 0.416. The van der Waals surface area contributed by atoms with Gasteiger partial charge in [0.15, 0.2) is 0 Å². The van der Waals surface area contributed by atoms with Crippen molar-refractivity contribution in [2.45, 2.75) is 26.3 Å². The third-order valence-electron chi connectivity index (χ3n) is 3.45. The molecule has 20 heavy (non-hydrogen) atoms. The van der Waals surface area contributed by atoms with Gasteiger partial charge >= 0.3 is 0 Å². The molecule has 1 rings (SSSR count). The Labute approximate surface area is 132 Å². The number of nitrogens with zero attached hydrogens (tertiary/aromatic N) is 2. The molecular formula is C16H28BrN3. The molecule has 0 radical (unpaired) electrons. The first-order chi connectivity index (χ1) is 9.45. The van der Waals surface area contributed by atoms with E-state index in [2.05, 4.69) is 84.2 Å². The van der Waals surface area contributed by atoms with Gasteiger partial charge in [0.2, 0.25) is 0 Å². The second kappa shape index (κ2) is 8.65. The van der Waals surface area contributed by atoms with Crippen LogP contribution in [0.25, 0.3) is 0 Å². The minimum absolute atomic E-state index is 0.365. The molecule has 1 unspecified atom stereocenters. The van der Waals surface area contributed by atoms with Crippen LogP contribution in [0.2, 0.25) is 0 Å². The van der Waals surface area contributed by atoms with Gasteiger partial charge < -0.3 is 15.1 Å². The summed E-state index contributed by atoms with van der Waals surface area (Å²) in [5, 5.41) is 3.58. The van der Waals surface area contributed by atoms with E-state index in [1.165, 1.54) is 11.3 Å². The lowest BCUT2D eigenvalue weighted by Crippen LogP contribution is -2.30. The first-order valence-corrected chi connectivity index (χ1v) is 8.13. The predicted molar refractivity (Wildman–Crippen MR) is 92.7 cm³/mol. The second-order valence-corrected chi connectivity index (χ2v) is 6.52. The highest BCUT2D eigenvalue weighted by atomic mass is 79.9. The quantitative estimate of drug-likeness (QED) is 0.780. The van der Waals surface area contributed by atoms with Crippen molar-refractivity contribution in [3.63, 3.8) is 0 Å². The van der Waals surface area contributed by atoms with Crippen LogP contribution < -0.4 is 10.2 Å². The summed E-state index contributed by atoms with van der Waals surface area (Å²) in [5.74, 6) is 0. The maximum absolute atomic E-state index is 3.59. The van der Waals surface area contributed by atoms with Gasteiger partial charge in [-0.05, 0) is 57.7 Å².